The molecule has 0 spiro atoms. The lowest BCUT2D eigenvalue weighted by molar-refractivity contribution is -0.147. The predicted octanol–water partition coefficient (Wildman–Crippen LogP) is 8.86. The zero-order valence-electron chi connectivity index (χ0n) is 67.5. The number of fused-ring (bicyclic) bond motifs is 6. The molecule has 2 amide bonds. The monoisotopic (exact) mass is 1730 g/mol. The van der Waals surface area contributed by atoms with Gasteiger partial charge in [0, 0.05) is 174 Å². The van der Waals surface area contributed by atoms with Crippen molar-refractivity contribution in [3.05, 3.63) is 283 Å². The fourth-order valence-corrected chi connectivity index (χ4v) is 15.2. The number of aromatic carboxylic acids is 1. The standard InChI is InChI=1S/C30H33N5O4.C27H29N5O4.C16H24N2O2.C14H11N3O3.2CH4.4H2S/c1-30(2)38-25(26(39-30)19-34-13-11-20-6-4-5-7-22(20)16-34)15-31-29(37)24-18-35-17-23(8-9-27(35)32-24)21-10-12-33(3)28(36)14-21;1-30-10-8-19(12-26(30)35)21-6-7-25-29-22(16-32(25)15-21)27(36)28-13-23(33)24(34)17-31-11-9-18-4-2-3-5-20(18)14-31;1-16(2)19-14(9-17)15(20-16)11-18-8-7-12-5-3-4-6-13(12)10-18;1-16-5-4-9(6-13(16)18)10-2-3-12-15-11(14(19)20)8-17(12)7-10;;;;;;/h4-10,12,14,17-18,25-26H,11,13,15-16,19H2,1-3H3,(H,31,37);2-8,10,12,15-16,23-24,33-34H,9,11,13-14,17H2,1H3,(H,28,36);3-6,14-15H,7-11,17H2,1-2H3;2-8H,1H3,(H,19,20);2*1H4;4*1H2/t25-,26-;23-,24-;14-,15-;;;;;;;/m000......./s1. The molecule has 9 aromatic heterocycles. The lowest BCUT2D eigenvalue weighted by atomic mass is 9.99. The fraction of sp³-hybridized carbons (Fsp3) is 0.360. The summed E-state index contributed by atoms with van der Waals surface area (Å²) in [4.78, 5) is 92.0. The number of nitrogens with two attached hydrogens (primary N) is 1. The number of nitrogens with zero attached hydrogens (tertiary/aromatic N) is 12. The Morgan fingerprint density at radius 2 is 0.785 bits per heavy atom. The number of carbonyl (C=O) groups excluding carboxylic acids is 2. The second-order valence-corrected chi connectivity index (χ2v) is 30.8. The van der Waals surface area contributed by atoms with Crippen molar-refractivity contribution in [3.63, 3.8) is 0 Å². The number of carboxylic acid groups (broad SMARTS) is 1. The number of amides is 2. The van der Waals surface area contributed by atoms with Gasteiger partial charge >= 0.3 is 5.97 Å². The molecule has 6 atom stereocenters. The summed E-state index contributed by atoms with van der Waals surface area (Å²) in [5.74, 6) is -3.00. The summed E-state index contributed by atoms with van der Waals surface area (Å²) in [6.07, 6.45) is 15.9. The molecule has 121 heavy (non-hydrogen) atoms. The highest BCUT2D eigenvalue weighted by Gasteiger charge is 2.43. The van der Waals surface area contributed by atoms with E-state index in [1.165, 1.54) is 59.3 Å². The van der Waals surface area contributed by atoms with Crippen molar-refractivity contribution in [2.75, 3.05) is 58.9 Å². The number of carboxylic acids is 1. The highest BCUT2D eigenvalue weighted by Crippen LogP contribution is 2.33. The average molecular weight is 1730 g/mol. The number of aliphatic hydroxyl groups is 2. The Hall–Kier alpha value is -10.0. The van der Waals surface area contributed by atoms with Crippen LogP contribution < -0.4 is 33.0 Å². The number of nitrogens with one attached hydrogen (secondary N) is 2. The third kappa shape index (κ3) is 23.8. The van der Waals surface area contributed by atoms with Gasteiger partial charge in [-0.2, -0.15) is 54.0 Å². The van der Waals surface area contributed by atoms with E-state index in [4.69, 9.17) is 29.8 Å². The Kier molecular flexibility index (Phi) is 33.6. The molecule has 0 saturated carbocycles. The van der Waals surface area contributed by atoms with Gasteiger partial charge in [0.15, 0.2) is 17.3 Å². The SMILES string of the molecule is C.C.CC1(C)O[C@@H](CN)[C@H](CN2CCc3ccccc3C2)O1.Cn1ccc(-c2ccc3nc(C(=O)NC[C@@H]4OC(C)(C)O[C@H]4CN4CCc5ccccc5C4)cn3c2)cc1=O.Cn1ccc(-c2ccc3nc(C(=O)NC[C@H](O)[C@@H](O)CN4CCc5ccccc5C4)cn3c2)cc1=O.Cn1ccc(-c2ccc3nc(C(=O)O)cn3c2)cc1=O.S.S.S.S. The van der Waals surface area contributed by atoms with E-state index in [1.54, 1.807) is 95.8 Å². The molecule has 28 nitrogen and oxygen atoms in total. The number of imidazole rings is 3. The van der Waals surface area contributed by atoms with E-state index in [0.717, 1.165) is 105 Å². The number of aliphatic hydroxyl groups excluding tert-OH is 2. The van der Waals surface area contributed by atoms with Crippen LogP contribution in [0.3, 0.4) is 0 Å². The van der Waals surface area contributed by atoms with Gasteiger partial charge in [-0.25, -0.2) is 19.7 Å². The van der Waals surface area contributed by atoms with E-state index < -0.39 is 35.7 Å². The number of rotatable bonds is 18. The summed E-state index contributed by atoms with van der Waals surface area (Å²) in [5.41, 5.74) is 20.9. The topological polar surface area (TPSA) is 327 Å². The van der Waals surface area contributed by atoms with Crippen LogP contribution in [0.15, 0.2) is 216 Å². The Morgan fingerprint density at radius 3 is 1.17 bits per heavy atom. The van der Waals surface area contributed by atoms with Crippen LogP contribution in [-0.2, 0) is 79.0 Å². The smallest absolute Gasteiger partial charge is 0.356 e. The summed E-state index contributed by atoms with van der Waals surface area (Å²) in [6.45, 7) is 15.9. The zero-order chi connectivity index (χ0) is 80.8. The molecular weight excluding hydrogens is 1620 g/mol. The first-order valence-electron chi connectivity index (χ1n) is 38.6. The lowest BCUT2D eigenvalue weighted by Crippen LogP contribution is -2.45. The van der Waals surface area contributed by atoms with Crippen molar-refractivity contribution in [2.24, 2.45) is 26.9 Å². The van der Waals surface area contributed by atoms with Crippen molar-refractivity contribution in [1.29, 1.82) is 0 Å². The summed E-state index contributed by atoms with van der Waals surface area (Å²) in [5, 5.41) is 35.5. The van der Waals surface area contributed by atoms with Gasteiger partial charge in [0.25, 0.3) is 28.5 Å². The van der Waals surface area contributed by atoms with Crippen molar-refractivity contribution in [3.8, 4) is 33.4 Å². The fourth-order valence-electron chi connectivity index (χ4n) is 15.2. The lowest BCUT2D eigenvalue weighted by Gasteiger charge is -2.31. The zero-order valence-corrected chi connectivity index (χ0v) is 71.5. The van der Waals surface area contributed by atoms with E-state index in [1.807, 2.05) is 94.7 Å². The number of hydrogen-bond donors (Lipinski definition) is 6. The van der Waals surface area contributed by atoms with Crippen LogP contribution in [0, 0.1) is 0 Å². The van der Waals surface area contributed by atoms with Crippen LogP contribution in [0.5, 0.6) is 0 Å². The quantitative estimate of drug-likeness (QED) is 0.0467. The Morgan fingerprint density at radius 1 is 0.446 bits per heavy atom. The van der Waals surface area contributed by atoms with Gasteiger partial charge in [-0.1, -0.05) is 87.6 Å². The number of ether oxygens (including phenoxy) is 4. The first-order valence-corrected chi connectivity index (χ1v) is 38.6. The van der Waals surface area contributed by atoms with Crippen molar-refractivity contribution >= 4 is 88.7 Å². The second-order valence-electron chi connectivity index (χ2n) is 30.8. The van der Waals surface area contributed by atoms with Crippen LogP contribution in [0.2, 0.25) is 0 Å². The number of benzene rings is 3. The molecule has 0 aliphatic carbocycles. The summed E-state index contributed by atoms with van der Waals surface area (Å²) in [7, 11) is 5.10. The molecule has 2 fully saturated rings. The molecule has 12 aromatic rings. The number of hydrogen-bond acceptors (Lipinski definition) is 19. The molecule has 14 heterocycles. The largest absolute Gasteiger partial charge is 0.476 e. The molecule has 3 aromatic carbocycles. The number of aromatic nitrogens is 9. The summed E-state index contributed by atoms with van der Waals surface area (Å²) >= 11 is 0. The third-order valence-corrected chi connectivity index (χ3v) is 21.5. The molecule has 2 saturated heterocycles. The molecule has 0 radical (unpaired) electrons. The maximum atomic E-state index is 13.1. The van der Waals surface area contributed by atoms with E-state index in [9.17, 15) is 39.0 Å². The van der Waals surface area contributed by atoms with Crippen LogP contribution in [0.4, 0.5) is 0 Å². The predicted molar refractivity (Wildman–Crippen MR) is 489 cm³/mol. The van der Waals surface area contributed by atoms with Crippen LogP contribution in [0.25, 0.3) is 50.3 Å². The van der Waals surface area contributed by atoms with Gasteiger partial charge in [-0.05, 0) is 168 Å². The number of β-amino-alcohol motifs (C(OH)–C–C–N with tert-alkyl or cyclic N) is 1. The van der Waals surface area contributed by atoms with Crippen LogP contribution in [0.1, 0.15) is 107 Å². The number of aryl methyl sites for hydroxylation is 3. The first-order chi connectivity index (χ1) is 55.2. The van der Waals surface area contributed by atoms with Crippen LogP contribution in [-0.4, -0.2) is 197 Å². The highest BCUT2D eigenvalue weighted by atomic mass is 32.1. The van der Waals surface area contributed by atoms with Crippen molar-refractivity contribution < 1.29 is 48.7 Å². The Bertz CT molecular complexity index is 5750. The normalized spacial score (nSPS) is 17.9. The molecule has 32 heteroatoms. The minimum Gasteiger partial charge on any atom is -0.476 e. The maximum absolute atomic E-state index is 13.1. The molecule has 5 aliphatic heterocycles. The molecule has 646 valence electrons. The van der Waals surface area contributed by atoms with E-state index in [2.05, 4.69) is 101 Å². The van der Waals surface area contributed by atoms with E-state index in [0.29, 0.717) is 42.3 Å². The molecule has 0 unspecified atom stereocenters. The van der Waals surface area contributed by atoms with Gasteiger partial charge in [-0.3, -0.25) is 38.7 Å². The summed E-state index contributed by atoms with van der Waals surface area (Å²) < 4.78 is 34.0. The maximum Gasteiger partial charge on any atom is 0.356 e. The minimum absolute atomic E-state index is 0. The van der Waals surface area contributed by atoms with Gasteiger partial charge in [0.1, 0.15) is 52.7 Å². The average Bonchev–Trinajstić information content (AvgIpc) is 1.67. The minimum atomic E-state index is -1.10. The molecule has 0 bridgehead atoms. The van der Waals surface area contributed by atoms with Crippen LogP contribution >= 0.6 is 54.0 Å². The van der Waals surface area contributed by atoms with Gasteiger partial charge < -0.3 is 77.5 Å². The molecule has 5 aliphatic rings. The van der Waals surface area contributed by atoms with Gasteiger partial charge in [0.2, 0.25) is 0 Å². The first kappa shape index (κ1) is 96.4. The van der Waals surface area contributed by atoms with E-state index in [-0.39, 0.29) is 134 Å². The number of carbonyl (C=O) groups is 3. The van der Waals surface area contributed by atoms with Gasteiger partial charge in [-0.15, -0.1) is 0 Å². The Labute approximate surface area is 731 Å². The Balaban J connectivity index is 0.000000205. The van der Waals surface area contributed by atoms with Crippen molar-refractivity contribution in [2.45, 2.75) is 130 Å². The van der Waals surface area contributed by atoms with Gasteiger partial charge in [0.05, 0.1) is 12.2 Å². The molecule has 7 N–H and O–H groups in total. The molecular formula is C89H113N15O13S4. The number of pyridine rings is 6. The van der Waals surface area contributed by atoms with E-state index >= 15 is 0 Å². The molecule has 17 rings (SSSR count). The second kappa shape index (κ2) is 42.2. The third-order valence-electron chi connectivity index (χ3n) is 21.5. The van der Waals surface area contributed by atoms with Crippen molar-refractivity contribution in [1.82, 2.24) is 67.2 Å². The summed E-state index contributed by atoms with van der Waals surface area (Å²) in [6, 6.07) is 46.6. The highest BCUT2D eigenvalue weighted by molar-refractivity contribution is 7.59.